The molecule has 0 aliphatic rings. The number of carbonyl (C=O) groups excluding carboxylic acids is 1. The molecule has 7 heteroatoms. The highest BCUT2D eigenvalue weighted by atomic mass is 32.1. The molecule has 0 atom stereocenters. The summed E-state index contributed by atoms with van der Waals surface area (Å²) in [4.78, 5) is 25.1. The number of hydrogen-bond acceptors (Lipinski definition) is 5. The maximum absolute atomic E-state index is 12.6. The lowest BCUT2D eigenvalue weighted by atomic mass is 10.0. The van der Waals surface area contributed by atoms with E-state index < -0.39 is 5.63 Å². The summed E-state index contributed by atoms with van der Waals surface area (Å²) in [5.74, 6) is 0.174. The van der Waals surface area contributed by atoms with Crippen molar-refractivity contribution in [2.45, 2.75) is 13.8 Å². The molecular weight excluding hydrogens is 436 g/mol. The Morgan fingerprint density at radius 3 is 2.52 bits per heavy atom. The Morgan fingerprint density at radius 2 is 1.76 bits per heavy atom. The van der Waals surface area contributed by atoms with E-state index in [2.05, 4.69) is 10.6 Å². The smallest absolute Gasteiger partial charge is 0.344 e. The van der Waals surface area contributed by atoms with E-state index in [4.69, 9.17) is 21.4 Å². The number of methoxy groups -OCH3 is 1. The van der Waals surface area contributed by atoms with Crippen LogP contribution in [-0.2, 0) is 0 Å². The van der Waals surface area contributed by atoms with Gasteiger partial charge in [0.1, 0.15) is 11.3 Å². The molecule has 0 aliphatic heterocycles. The number of amides is 1. The molecule has 166 valence electrons. The van der Waals surface area contributed by atoms with E-state index in [1.165, 1.54) is 7.11 Å². The molecule has 1 amide bonds. The summed E-state index contributed by atoms with van der Waals surface area (Å²) in [6, 6.07) is 19.9. The van der Waals surface area contributed by atoms with Crippen molar-refractivity contribution in [1.29, 1.82) is 0 Å². The second-order valence-corrected chi connectivity index (χ2v) is 8.04. The van der Waals surface area contributed by atoms with Crippen LogP contribution in [0, 0.1) is 13.8 Å². The first kappa shape index (κ1) is 22.2. The Kier molecular flexibility index (Phi) is 6.24. The third-order valence-electron chi connectivity index (χ3n) is 5.24. The van der Waals surface area contributed by atoms with Gasteiger partial charge in [0, 0.05) is 28.3 Å². The Balaban J connectivity index is 1.56. The predicted octanol–water partition coefficient (Wildman–Crippen LogP) is 5.21. The first-order valence-corrected chi connectivity index (χ1v) is 10.7. The molecule has 0 aliphatic carbocycles. The van der Waals surface area contributed by atoms with E-state index in [1.807, 2.05) is 44.2 Å². The average molecular weight is 459 g/mol. The number of hydrogen-bond donors (Lipinski definition) is 2. The van der Waals surface area contributed by atoms with Gasteiger partial charge >= 0.3 is 5.63 Å². The summed E-state index contributed by atoms with van der Waals surface area (Å²) in [5.41, 5.74) is 4.16. The average Bonchev–Trinajstić information content (AvgIpc) is 2.78. The van der Waals surface area contributed by atoms with Crippen molar-refractivity contribution < 1.29 is 13.9 Å². The summed E-state index contributed by atoms with van der Waals surface area (Å²) >= 11 is 5.31. The fourth-order valence-electron chi connectivity index (χ4n) is 3.64. The highest BCUT2D eigenvalue weighted by Gasteiger charge is 2.15. The monoisotopic (exact) mass is 458 g/mol. The number of ether oxygens (including phenoxy) is 1. The maximum atomic E-state index is 12.6. The van der Waals surface area contributed by atoms with Gasteiger partial charge < -0.3 is 14.5 Å². The number of aryl methyl sites for hydroxylation is 2. The van der Waals surface area contributed by atoms with Gasteiger partial charge in [-0.15, -0.1) is 0 Å². The number of fused-ring (bicyclic) bond motifs is 1. The zero-order valence-corrected chi connectivity index (χ0v) is 19.2. The lowest BCUT2D eigenvalue weighted by molar-refractivity contribution is 0.0977. The molecule has 0 fully saturated rings. The molecule has 0 saturated heterocycles. The van der Waals surface area contributed by atoms with Gasteiger partial charge in [0.15, 0.2) is 5.11 Å². The van der Waals surface area contributed by atoms with Crippen LogP contribution in [0.4, 0.5) is 5.69 Å². The van der Waals surface area contributed by atoms with Gasteiger partial charge in [0.25, 0.3) is 5.91 Å². The van der Waals surface area contributed by atoms with Crippen molar-refractivity contribution in [2.24, 2.45) is 0 Å². The zero-order chi connectivity index (χ0) is 23.5. The van der Waals surface area contributed by atoms with Gasteiger partial charge in [0.05, 0.1) is 12.7 Å². The Labute approximate surface area is 196 Å². The minimum atomic E-state index is -0.455. The van der Waals surface area contributed by atoms with E-state index in [0.717, 1.165) is 16.5 Å². The number of rotatable bonds is 4. The summed E-state index contributed by atoms with van der Waals surface area (Å²) < 4.78 is 11.0. The van der Waals surface area contributed by atoms with Gasteiger partial charge in [0.2, 0.25) is 0 Å². The number of thiocarbonyl (C=S) groups is 1. The SMILES string of the molecule is COc1cc(NC(=S)NC(=O)c2ccc(C)cc2C)ccc1-c1cc2ccccc2oc1=O. The van der Waals surface area contributed by atoms with Crippen LogP contribution >= 0.6 is 12.2 Å². The van der Waals surface area contributed by atoms with Crippen LogP contribution in [0.2, 0.25) is 0 Å². The van der Waals surface area contributed by atoms with E-state index in [0.29, 0.717) is 33.7 Å². The largest absolute Gasteiger partial charge is 0.496 e. The Hall–Kier alpha value is -3.97. The molecule has 33 heavy (non-hydrogen) atoms. The number of benzene rings is 3. The van der Waals surface area contributed by atoms with Crippen molar-refractivity contribution in [3.63, 3.8) is 0 Å². The molecule has 0 spiro atoms. The van der Waals surface area contributed by atoms with E-state index in [1.54, 1.807) is 36.4 Å². The fourth-order valence-corrected chi connectivity index (χ4v) is 3.85. The lowest BCUT2D eigenvalue weighted by Crippen LogP contribution is -2.34. The van der Waals surface area contributed by atoms with Crippen molar-refractivity contribution in [3.05, 3.63) is 93.8 Å². The van der Waals surface area contributed by atoms with E-state index in [9.17, 15) is 9.59 Å². The second-order valence-electron chi connectivity index (χ2n) is 7.63. The van der Waals surface area contributed by atoms with Gasteiger partial charge in [-0.2, -0.15) is 0 Å². The van der Waals surface area contributed by atoms with Gasteiger partial charge in [-0.3, -0.25) is 10.1 Å². The van der Waals surface area contributed by atoms with Gasteiger partial charge in [-0.05, 0) is 62.0 Å². The summed E-state index contributed by atoms with van der Waals surface area (Å²) in [7, 11) is 1.52. The molecule has 0 saturated carbocycles. The van der Waals surface area contributed by atoms with Crippen molar-refractivity contribution >= 4 is 39.9 Å². The minimum absolute atomic E-state index is 0.153. The van der Waals surface area contributed by atoms with Crippen LogP contribution in [0.25, 0.3) is 22.1 Å². The molecule has 3 aromatic carbocycles. The molecule has 2 N–H and O–H groups in total. The predicted molar refractivity (Wildman–Crippen MR) is 134 cm³/mol. The molecule has 0 unspecified atom stereocenters. The molecule has 0 radical (unpaired) electrons. The summed E-state index contributed by atoms with van der Waals surface area (Å²) in [6.45, 7) is 3.85. The standard InChI is InChI=1S/C26H22N2O4S/c1-15-8-10-19(16(2)12-15)24(29)28-26(33)27-18-9-11-20(23(14-18)31-3)21-13-17-6-4-5-7-22(17)32-25(21)30/h4-14H,1-3H3,(H2,27,28,29,33). The van der Waals surface area contributed by atoms with Crippen LogP contribution in [0.15, 0.2) is 75.9 Å². The summed E-state index contributed by atoms with van der Waals surface area (Å²) in [6.07, 6.45) is 0. The topological polar surface area (TPSA) is 80.6 Å². The zero-order valence-electron chi connectivity index (χ0n) is 18.4. The van der Waals surface area contributed by atoms with Gasteiger partial charge in [-0.25, -0.2) is 4.79 Å². The number of carbonyl (C=O) groups is 1. The molecule has 0 bridgehead atoms. The number of anilines is 1. The first-order valence-electron chi connectivity index (χ1n) is 10.3. The highest BCUT2D eigenvalue weighted by molar-refractivity contribution is 7.80. The van der Waals surface area contributed by atoms with Crippen LogP contribution in [0.3, 0.4) is 0 Å². The Morgan fingerprint density at radius 1 is 0.970 bits per heavy atom. The molecule has 4 aromatic rings. The molecule has 1 heterocycles. The first-order chi connectivity index (χ1) is 15.9. The Bertz CT molecular complexity index is 1440. The summed E-state index contributed by atoms with van der Waals surface area (Å²) in [5, 5.41) is 6.65. The molecule has 4 rings (SSSR count). The van der Waals surface area contributed by atoms with Crippen molar-refractivity contribution in [1.82, 2.24) is 5.32 Å². The molecule has 6 nitrogen and oxygen atoms in total. The normalized spacial score (nSPS) is 10.6. The quantitative estimate of drug-likeness (QED) is 0.323. The third-order valence-corrected chi connectivity index (χ3v) is 5.45. The number of para-hydroxylation sites is 1. The van der Waals surface area contributed by atoms with E-state index in [-0.39, 0.29) is 11.0 Å². The third kappa shape index (κ3) is 4.78. The van der Waals surface area contributed by atoms with Crippen LogP contribution in [0.1, 0.15) is 21.5 Å². The van der Waals surface area contributed by atoms with Crippen LogP contribution in [-0.4, -0.2) is 18.1 Å². The van der Waals surface area contributed by atoms with E-state index >= 15 is 0 Å². The van der Waals surface area contributed by atoms with Crippen molar-refractivity contribution in [3.8, 4) is 16.9 Å². The maximum Gasteiger partial charge on any atom is 0.344 e. The van der Waals surface area contributed by atoms with Crippen LogP contribution < -0.4 is 21.0 Å². The molecule has 1 aromatic heterocycles. The second kappa shape index (κ2) is 9.26. The highest BCUT2D eigenvalue weighted by Crippen LogP contribution is 2.32. The fraction of sp³-hybridized carbons (Fsp3) is 0.115. The molecular formula is C26H22N2O4S. The van der Waals surface area contributed by atoms with Crippen molar-refractivity contribution in [2.75, 3.05) is 12.4 Å². The van der Waals surface area contributed by atoms with Gasteiger partial charge in [-0.1, -0.05) is 35.9 Å². The lowest BCUT2D eigenvalue weighted by Gasteiger charge is -2.14. The minimum Gasteiger partial charge on any atom is -0.496 e. The van der Waals surface area contributed by atoms with Crippen LogP contribution in [0.5, 0.6) is 5.75 Å². The number of nitrogens with one attached hydrogen (secondary N) is 2.